The number of carbonyl (C=O) groups excluding carboxylic acids is 2. The van der Waals surface area contributed by atoms with Crippen LogP contribution < -0.4 is 10.6 Å². The number of aliphatic carboxylic acids is 1. The minimum absolute atomic E-state index is 0.0725. The van der Waals surface area contributed by atoms with Crippen molar-refractivity contribution in [1.29, 1.82) is 0 Å². The van der Waals surface area contributed by atoms with Gasteiger partial charge in [0.25, 0.3) is 0 Å². The standard InChI is InChI=1S/C15H19BrN2O5/c1-9(19)18-12(10-3-5-11(16)6-4-10)7-13(20)17-8-15(2,23)14(21)22/h3-6,12,23H,7-8H2,1-2H3,(H,17,20)(H,18,19)(H,21,22). The Labute approximate surface area is 142 Å². The number of carbonyl (C=O) groups is 3. The molecule has 0 aromatic heterocycles. The van der Waals surface area contributed by atoms with Gasteiger partial charge in [0.1, 0.15) is 0 Å². The van der Waals surface area contributed by atoms with Crippen molar-refractivity contribution >= 4 is 33.7 Å². The number of rotatable bonds is 7. The fourth-order valence-corrected chi connectivity index (χ4v) is 2.06. The third kappa shape index (κ3) is 6.37. The normalized spacial score (nSPS) is 14.4. The third-order valence-electron chi connectivity index (χ3n) is 3.13. The van der Waals surface area contributed by atoms with Crippen molar-refractivity contribution in [3.8, 4) is 0 Å². The number of halogens is 1. The number of hydrogen-bond donors (Lipinski definition) is 4. The number of hydrogen-bond acceptors (Lipinski definition) is 4. The van der Waals surface area contributed by atoms with Crippen LogP contribution in [-0.4, -0.2) is 40.1 Å². The molecule has 0 radical (unpaired) electrons. The topological polar surface area (TPSA) is 116 Å². The summed E-state index contributed by atoms with van der Waals surface area (Å²) in [5.74, 6) is -2.19. The second-order valence-electron chi connectivity index (χ2n) is 5.36. The fraction of sp³-hybridized carbons (Fsp3) is 0.400. The molecule has 7 nitrogen and oxygen atoms in total. The first-order chi connectivity index (χ1) is 10.6. The average molecular weight is 387 g/mol. The molecule has 0 bridgehead atoms. The molecule has 1 aromatic carbocycles. The Morgan fingerprint density at radius 3 is 2.30 bits per heavy atom. The minimum Gasteiger partial charge on any atom is -0.479 e. The lowest BCUT2D eigenvalue weighted by Crippen LogP contribution is -2.47. The molecular formula is C15H19BrN2O5. The molecule has 2 atom stereocenters. The van der Waals surface area contributed by atoms with E-state index in [4.69, 9.17) is 5.11 Å². The number of carboxylic acid groups (broad SMARTS) is 1. The average Bonchev–Trinajstić information content (AvgIpc) is 2.44. The molecule has 0 spiro atoms. The highest BCUT2D eigenvalue weighted by atomic mass is 79.9. The van der Waals surface area contributed by atoms with Crippen LogP contribution in [0.3, 0.4) is 0 Å². The zero-order chi connectivity index (χ0) is 17.6. The van der Waals surface area contributed by atoms with Crippen LogP contribution in [0.5, 0.6) is 0 Å². The Balaban J connectivity index is 2.74. The Morgan fingerprint density at radius 1 is 1.26 bits per heavy atom. The summed E-state index contributed by atoms with van der Waals surface area (Å²) in [4.78, 5) is 34.1. The van der Waals surface area contributed by atoms with Gasteiger partial charge in [0.2, 0.25) is 11.8 Å². The van der Waals surface area contributed by atoms with Crippen molar-refractivity contribution in [2.24, 2.45) is 0 Å². The zero-order valence-electron chi connectivity index (χ0n) is 12.8. The Hall–Kier alpha value is -1.93. The summed E-state index contributed by atoms with van der Waals surface area (Å²) < 4.78 is 0.866. The van der Waals surface area contributed by atoms with Crippen LogP contribution in [0.1, 0.15) is 31.9 Å². The van der Waals surface area contributed by atoms with Crippen LogP contribution in [0.15, 0.2) is 28.7 Å². The van der Waals surface area contributed by atoms with Gasteiger partial charge in [-0.3, -0.25) is 9.59 Å². The third-order valence-corrected chi connectivity index (χ3v) is 3.66. The molecule has 4 N–H and O–H groups in total. The van der Waals surface area contributed by atoms with Crippen molar-refractivity contribution < 1.29 is 24.6 Å². The highest BCUT2D eigenvalue weighted by Gasteiger charge is 2.30. The monoisotopic (exact) mass is 386 g/mol. The summed E-state index contributed by atoms with van der Waals surface area (Å²) in [7, 11) is 0. The van der Waals surface area contributed by atoms with E-state index in [1.54, 1.807) is 24.3 Å². The summed E-state index contributed by atoms with van der Waals surface area (Å²) in [5.41, 5.74) is -1.31. The molecule has 1 aromatic rings. The first-order valence-corrected chi connectivity index (χ1v) is 7.66. The van der Waals surface area contributed by atoms with Crippen LogP contribution in [0.25, 0.3) is 0 Å². The maximum atomic E-state index is 12.0. The van der Waals surface area contributed by atoms with Crippen LogP contribution >= 0.6 is 15.9 Å². The van der Waals surface area contributed by atoms with Crippen molar-refractivity contribution in [3.63, 3.8) is 0 Å². The van der Waals surface area contributed by atoms with E-state index >= 15 is 0 Å². The number of carboxylic acids is 1. The van der Waals surface area contributed by atoms with Gasteiger partial charge in [-0.05, 0) is 24.6 Å². The molecule has 8 heteroatoms. The van der Waals surface area contributed by atoms with Crippen LogP contribution in [0, 0.1) is 0 Å². The van der Waals surface area contributed by atoms with Gasteiger partial charge in [0.15, 0.2) is 5.60 Å². The van der Waals surface area contributed by atoms with Crippen molar-refractivity contribution in [2.75, 3.05) is 6.54 Å². The van der Waals surface area contributed by atoms with Gasteiger partial charge in [0, 0.05) is 11.4 Å². The smallest absolute Gasteiger partial charge is 0.337 e. The SMILES string of the molecule is CC(=O)NC(CC(=O)NCC(C)(O)C(=O)O)c1ccc(Br)cc1. The van der Waals surface area contributed by atoms with E-state index in [9.17, 15) is 19.5 Å². The zero-order valence-corrected chi connectivity index (χ0v) is 14.4. The van der Waals surface area contributed by atoms with E-state index in [0.717, 1.165) is 17.0 Å². The highest BCUT2D eigenvalue weighted by Crippen LogP contribution is 2.20. The molecule has 0 aliphatic heterocycles. The molecule has 126 valence electrons. The molecule has 1 rings (SSSR count). The Morgan fingerprint density at radius 2 is 1.83 bits per heavy atom. The van der Waals surface area contributed by atoms with E-state index < -0.39 is 30.1 Å². The van der Waals surface area contributed by atoms with E-state index in [0.29, 0.717) is 0 Å². The summed E-state index contributed by atoms with van der Waals surface area (Å²) >= 11 is 3.31. The molecule has 0 saturated heterocycles. The lowest BCUT2D eigenvalue weighted by atomic mass is 10.0. The van der Waals surface area contributed by atoms with Crippen LogP contribution in [0.2, 0.25) is 0 Å². The van der Waals surface area contributed by atoms with Crippen molar-refractivity contribution in [2.45, 2.75) is 31.9 Å². The molecule has 23 heavy (non-hydrogen) atoms. The quantitative estimate of drug-likeness (QED) is 0.557. The molecule has 0 aliphatic carbocycles. The summed E-state index contributed by atoms with van der Waals surface area (Å²) in [6, 6.07) is 6.57. The molecule has 0 fully saturated rings. The summed E-state index contributed by atoms with van der Waals surface area (Å²) in [6.45, 7) is 2.02. The maximum Gasteiger partial charge on any atom is 0.337 e. The van der Waals surface area contributed by atoms with Gasteiger partial charge in [-0.2, -0.15) is 0 Å². The van der Waals surface area contributed by atoms with Gasteiger partial charge >= 0.3 is 5.97 Å². The summed E-state index contributed by atoms with van der Waals surface area (Å²) in [5, 5.41) is 23.4. The highest BCUT2D eigenvalue weighted by molar-refractivity contribution is 9.10. The second kappa shape index (κ2) is 8.07. The van der Waals surface area contributed by atoms with Crippen LogP contribution in [-0.2, 0) is 14.4 Å². The predicted molar refractivity (Wildman–Crippen MR) is 86.6 cm³/mol. The largest absolute Gasteiger partial charge is 0.479 e. The fourth-order valence-electron chi connectivity index (χ4n) is 1.80. The molecule has 2 amide bonds. The van der Waals surface area contributed by atoms with E-state index in [1.807, 2.05) is 0 Å². The molecule has 0 heterocycles. The Bertz CT molecular complexity index is 586. The van der Waals surface area contributed by atoms with Gasteiger partial charge in [-0.25, -0.2) is 4.79 Å². The predicted octanol–water partition coefficient (Wildman–Crippen LogP) is 0.968. The van der Waals surface area contributed by atoms with E-state index in [-0.39, 0.29) is 12.3 Å². The van der Waals surface area contributed by atoms with Crippen molar-refractivity contribution in [1.82, 2.24) is 10.6 Å². The minimum atomic E-state index is -2.04. The summed E-state index contributed by atoms with van der Waals surface area (Å²) in [6.07, 6.45) is -0.0725. The number of nitrogens with one attached hydrogen (secondary N) is 2. The van der Waals surface area contributed by atoms with Gasteiger partial charge in [0.05, 0.1) is 19.0 Å². The molecule has 0 aliphatic rings. The number of aliphatic hydroxyl groups is 1. The first kappa shape index (κ1) is 19.1. The molecule has 0 saturated carbocycles. The molecular weight excluding hydrogens is 368 g/mol. The molecule has 2 unspecified atom stereocenters. The lowest BCUT2D eigenvalue weighted by molar-refractivity contribution is -0.156. The number of benzene rings is 1. The Kier molecular flexibility index (Phi) is 6.71. The second-order valence-corrected chi connectivity index (χ2v) is 6.28. The first-order valence-electron chi connectivity index (χ1n) is 6.87. The van der Waals surface area contributed by atoms with Gasteiger partial charge in [-0.15, -0.1) is 0 Å². The van der Waals surface area contributed by atoms with Gasteiger partial charge < -0.3 is 20.8 Å². The lowest BCUT2D eigenvalue weighted by Gasteiger charge is -2.21. The van der Waals surface area contributed by atoms with Gasteiger partial charge in [-0.1, -0.05) is 28.1 Å². The van der Waals surface area contributed by atoms with E-state index in [2.05, 4.69) is 26.6 Å². The van der Waals surface area contributed by atoms with Crippen LogP contribution in [0.4, 0.5) is 0 Å². The maximum absolute atomic E-state index is 12.0. The van der Waals surface area contributed by atoms with E-state index in [1.165, 1.54) is 6.92 Å². The van der Waals surface area contributed by atoms with Crippen molar-refractivity contribution in [3.05, 3.63) is 34.3 Å². The number of amides is 2.